The molecule has 1 heterocycles. The largest absolute Gasteiger partial charge is 0.441 e. The van der Waals surface area contributed by atoms with Gasteiger partial charge in [-0.2, -0.15) is 0 Å². The van der Waals surface area contributed by atoms with Gasteiger partial charge in [-0.3, -0.25) is 0 Å². The predicted molar refractivity (Wildman–Crippen MR) is 92.0 cm³/mol. The fraction of sp³-hybridized carbons (Fsp3) is 0.136. The topological polar surface area (TPSA) is 26.3 Å². The third kappa shape index (κ3) is 1.63. The first-order valence-corrected chi connectivity index (χ1v) is 8.30. The van der Waals surface area contributed by atoms with Crippen molar-refractivity contribution in [1.82, 2.24) is 0 Å². The smallest absolute Gasteiger partial charge is 0.340 e. The molecule has 0 radical (unpaired) electrons. The lowest BCUT2D eigenvalue weighted by molar-refractivity contribution is 0.0250. The van der Waals surface area contributed by atoms with Gasteiger partial charge in [-0.1, -0.05) is 66.7 Å². The van der Waals surface area contributed by atoms with Gasteiger partial charge in [-0.05, 0) is 30.0 Å². The summed E-state index contributed by atoms with van der Waals surface area (Å²) in [6.07, 6.45) is 1.91. The molecule has 3 aromatic carbocycles. The molecule has 0 saturated heterocycles. The maximum absolute atomic E-state index is 12.6. The van der Waals surface area contributed by atoms with E-state index in [4.69, 9.17) is 4.74 Å². The molecule has 0 bridgehead atoms. The van der Waals surface area contributed by atoms with Crippen LogP contribution in [0.5, 0.6) is 0 Å². The second-order valence-corrected chi connectivity index (χ2v) is 6.43. The number of carbonyl (C=O) groups is 1. The normalized spacial score (nSPS) is 16.8. The van der Waals surface area contributed by atoms with Crippen LogP contribution in [0.3, 0.4) is 0 Å². The summed E-state index contributed by atoms with van der Waals surface area (Å²) >= 11 is 0. The Morgan fingerprint density at radius 1 is 0.667 bits per heavy atom. The first-order chi connectivity index (χ1) is 11.8. The highest BCUT2D eigenvalue weighted by molar-refractivity contribution is 5.96. The van der Waals surface area contributed by atoms with E-state index in [0.717, 1.165) is 29.5 Å². The van der Waals surface area contributed by atoms with Crippen LogP contribution in [-0.4, -0.2) is 5.97 Å². The molecule has 2 heteroatoms. The zero-order valence-electron chi connectivity index (χ0n) is 13.2. The van der Waals surface area contributed by atoms with Crippen LogP contribution in [0.1, 0.15) is 38.2 Å². The number of aryl methyl sites for hydroxylation is 2. The van der Waals surface area contributed by atoms with E-state index in [9.17, 15) is 4.79 Å². The minimum Gasteiger partial charge on any atom is -0.441 e. The van der Waals surface area contributed by atoms with Crippen LogP contribution in [-0.2, 0) is 23.2 Å². The van der Waals surface area contributed by atoms with E-state index in [-0.39, 0.29) is 5.97 Å². The highest BCUT2D eigenvalue weighted by Gasteiger charge is 2.50. The fourth-order valence-corrected chi connectivity index (χ4v) is 4.20. The third-order valence-corrected chi connectivity index (χ3v) is 5.23. The lowest BCUT2D eigenvalue weighted by atomic mass is 9.78. The number of fused-ring (bicyclic) bond motifs is 6. The van der Waals surface area contributed by atoms with Crippen molar-refractivity contribution in [3.05, 3.63) is 106 Å². The van der Waals surface area contributed by atoms with Crippen LogP contribution in [0.2, 0.25) is 0 Å². The summed E-state index contributed by atoms with van der Waals surface area (Å²) in [6.45, 7) is 0. The molecular formula is C22H16O2. The molecule has 0 N–H and O–H groups in total. The molecule has 116 valence electrons. The molecule has 0 aromatic heterocycles. The van der Waals surface area contributed by atoms with Crippen molar-refractivity contribution in [2.75, 3.05) is 0 Å². The van der Waals surface area contributed by atoms with Gasteiger partial charge in [0.1, 0.15) is 0 Å². The number of hydrogen-bond donors (Lipinski definition) is 0. The quantitative estimate of drug-likeness (QED) is 0.580. The van der Waals surface area contributed by atoms with E-state index in [2.05, 4.69) is 36.4 Å². The van der Waals surface area contributed by atoms with Crippen molar-refractivity contribution in [3.8, 4) is 0 Å². The van der Waals surface area contributed by atoms with Gasteiger partial charge in [0.15, 0.2) is 5.60 Å². The first kappa shape index (κ1) is 13.6. The summed E-state index contributed by atoms with van der Waals surface area (Å²) in [5, 5.41) is 0. The molecular weight excluding hydrogens is 296 g/mol. The summed E-state index contributed by atoms with van der Waals surface area (Å²) in [4.78, 5) is 12.6. The van der Waals surface area contributed by atoms with Crippen molar-refractivity contribution in [2.24, 2.45) is 0 Å². The second-order valence-electron chi connectivity index (χ2n) is 6.43. The van der Waals surface area contributed by atoms with E-state index in [1.165, 1.54) is 11.1 Å². The Hall–Kier alpha value is -2.87. The second kappa shape index (κ2) is 4.81. The summed E-state index contributed by atoms with van der Waals surface area (Å²) in [5.74, 6) is -0.239. The molecule has 0 unspecified atom stereocenters. The Kier molecular flexibility index (Phi) is 2.72. The van der Waals surface area contributed by atoms with Gasteiger partial charge in [0, 0.05) is 16.7 Å². The van der Waals surface area contributed by atoms with Crippen LogP contribution in [0.25, 0.3) is 0 Å². The van der Waals surface area contributed by atoms with Crippen molar-refractivity contribution in [2.45, 2.75) is 18.4 Å². The Bertz CT molecular complexity index is 923. The highest BCUT2D eigenvalue weighted by Crippen LogP contribution is 2.50. The maximum atomic E-state index is 12.6. The Morgan fingerprint density at radius 2 is 1.17 bits per heavy atom. The molecule has 3 aromatic rings. The molecule has 0 fully saturated rings. The molecule has 0 atom stereocenters. The van der Waals surface area contributed by atoms with Gasteiger partial charge < -0.3 is 4.74 Å². The van der Waals surface area contributed by atoms with Crippen molar-refractivity contribution >= 4 is 5.97 Å². The highest BCUT2D eigenvalue weighted by atomic mass is 16.6. The van der Waals surface area contributed by atoms with Crippen LogP contribution < -0.4 is 0 Å². The van der Waals surface area contributed by atoms with Gasteiger partial charge in [0.25, 0.3) is 0 Å². The van der Waals surface area contributed by atoms with Crippen molar-refractivity contribution < 1.29 is 9.53 Å². The molecule has 2 aliphatic rings. The van der Waals surface area contributed by atoms with Gasteiger partial charge in [-0.25, -0.2) is 4.79 Å². The molecule has 1 aliphatic carbocycles. The van der Waals surface area contributed by atoms with Gasteiger partial charge >= 0.3 is 5.97 Å². The first-order valence-electron chi connectivity index (χ1n) is 8.30. The summed E-state index contributed by atoms with van der Waals surface area (Å²) < 4.78 is 6.15. The summed E-state index contributed by atoms with van der Waals surface area (Å²) in [7, 11) is 0. The molecule has 2 nitrogen and oxygen atoms in total. The van der Waals surface area contributed by atoms with Crippen LogP contribution in [0.15, 0.2) is 72.8 Å². The van der Waals surface area contributed by atoms with Crippen molar-refractivity contribution in [3.63, 3.8) is 0 Å². The standard InChI is InChI=1S/C22H16O2/c23-21-17-9-3-6-12-20(17)22(24-21)18-10-4-1-7-15(18)13-14-16-8-2-5-11-19(16)22/h1-12H,13-14H2. The van der Waals surface area contributed by atoms with Gasteiger partial charge in [0.2, 0.25) is 0 Å². The SMILES string of the molecule is O=C1OC2(c3ccccc3CCc3ccccc32)c2ccccc21. The van der Waals surface area contributed by atoms with Gasteiger partial charge in [-0.15, -0.1) is 0 Å². The van der Waals surface area contributed by atoms with E-state index in [1.54, 1.807) is 0 Å². The van der Waals surface area contributed by atoms with Gasteiger partial charge in [0.05, 0.1) is 5.56 Å². The number of esters is 1. The molecule has 5 rings (SSSR count). The molecule has 0 saturated carbocycles. The Labute approximate surface area is 140 Å². The average Bonchev–Trinajstić information content (AvgIpc) is 2.86. The van der Waals surface area contributed by atoms with E-state index in [0.29, 0.717) is 5.56 Å². The Balaban J connectivity index is 1.94. The lowest BCUT2D eigenvalue weighted by Gasteiger charge is -2.31. The maximum Gasteiger partial charge on any atom is 0.340 e. The predicted octanol–water partition coefficient (Wildman–Crippen LogP) is 4.25. The van der Waals surface area contributed by atoms with E-state index < -0.39 is 5.60 Å². The molecule has 1 spiro atoms. The third-order valence-electron chi connectivity index (χ3n) is 5.23. The number of ether oxygens (including phenoxy) is 1. The molecule has 1 aliphatic heterocycles. The van der Waals surface area contributed by atoms with Crippen molar-refractivity contribution in [1.29, 1.82) is 0 Å². The minimum absolute atomic E-state index is 0.239. The fourth-order valence-electron chi connectivity index (χ4n) is 4.20. The Morgan fingerprint density at radius 3 is 1.79 bits per heavy atom. The van der Waals surface area contributed by atoms with Crippen LogP contribution >= 0.6 is 0 Å². The van der Waals surface area contributed by atoms with E-state index >= 15 is 0 Å². The zero-order chi connectivity index (χ0) is 16.1. The minimum atomic E-state index is -0.822. The summed E-state index contributed by atoms with van der Waals surface area (Å²) in [6, 6.07) is 24.5. The zero-order valence-corrected chi connectivity index (χ0v) is 13.2. The number of carbonyl (C=O) groups excluding carboxylic acids is 1. The number of benzene rings is 3. The number of hydrogen-bond acceptors (Lipinski definition) is 2. The molecule has 24 heavy (non-hydrogen) atoms. The monoisotopic (exact) mass is 312 g/mol. The lowest BCUT2D eigenvalue weighted by Crippen LogP contribution is -2.30. The average molecular weight is 312 g/mol. The van der Waals surface area contributed by atoms with E-state index in [1.807, 2.05) is 36.4 Å². The van der Waals surface area contributed by atoms with Crippen LogP contribution in [0.4, 0.5) is 0 Å². The van der Waals surface area contributed by atoms with Crippen LogP contribution in [0, 0.1) is 0 Å². The summed E-state index contributed by atoms with van der Waals surface area (Å²) in [5.41, 5.74) is 5.48. The molecule has 0 amide bonds. The number of rotatable bonds is 0.